The maximum Gasteiger partial charge on any atom is 0.239 e. The molecule has 0 aliphatic rings. The molecule has 0 bridgehead atoms. The Bertz CT molecular complexity index is 589. The standard InChI is InChI=1S/C8H4IN3O/c9-4-1-2-6-11-8(13)5-3-10-7(4)12(5)6/h1-3H,(H,11,13). The first-order valence-corrected chi connectivity index (χ1v) is 4.79. The van der Waals surface area contributed by atoms with Crippen molar-refractivity contribution in [2.75, 3.05) is 0 Å². The summed E-state index contributed by atoms with van der Waals surface area (Å²) in [5, 5.41) is 9.43. The summed E-state index contributed by atoms with van der Waals surface area (Å²) in [6.45, 7) is 0. The monoisotopic (exact) mass is 285 g/mol. The Morgan fingerprint density at radius 1 is 1.38 bits per heavy atom. The van der Waals surface area contributed by atoms with Crippen LogP contribution in [0.2, 0.25) is 0 Å². The summed E-state index contributed by atoms with van der Waals surface area (Å²) in [5.74, 6) is 0.0458. The molecule has 0 atom stereocenters. The van der Waals surface area contributed by atoms with E-state index in [4.69, 9.17) is 0 Å². The molecular formula is C8H4IN3O. The van der Waals surface area contributed by atoms with E-state index in [0.717, 1.165) is 14.9 Å². The quantitative estimate of drug-likeness (QED) is 0.639. The number of rotatable bonds is 0. The van der Waals surface area contributed by atoms with Gasteiger partial charge in [0.2, 0.25) is 5.88 Å². The Hall–Kier alpha value is -1.11. The van der Waals surface area contributed by atoms with E-state index in [1.807, 2.05) is 16.5 Å². The van der Waals surface area contributed by atoms with Gasteiger partial charge in [0.1, 0.15) is 11.2 Å². The third-order valence-electron chi connectivity index (χ3n) is 2.03. The molecule has 5 heteroatoms. The fourth-order valence-corrected chi connectivity index (χ4v) is 2.02. The predicted octanol–water partition coefficient (Wildman–Crippen LogP) is 1.63. The molecule has 13 heavy (non-hydrogen) atoms. The maximum absolute atomic E-state index is 9.43. The molecule has 0 unspecified atom stereocenters. The van der Waals surface area contributed by atoms with Crippen molar-refractivity contribution in [1.82, 2.24) is 14.4 Å². The van der Waals surface area contributed by atoms with Gasteiger partial charge in [-0.25, -0.2) is 4.98 Å². The Morgan fingerprint density at radius 3 is 3.08 bits per heavy atom. The van der Waals surface area contributed by atoms with Gasteiger partial charge >= 0.3 is 0 Å². The summed E-state index contributed by atoms with van der Waals surface area (Å²) < 4.78 is 2.90. The van der Waals surface area contributed by atoms with E-state index in [0.29, 0.717) is 5.52 Å². The van der Waals surface area contributed by atoms with Crippen molar-refractivity contribution < 1.29 is 5.11 Å². The van der Waals surface area contributed by atoms with Crippen LogP contribution in [-0.2, 0) is 0 Å². The third kappa shape index (κ3) is 0.796. The fourth-order valence-electron chi connectivity index (χ4n) is 1.46. The summed E-state index contributed by atoms with van der Waals surface area (Å²) in [5.41, 5.74) is 2.25. The zero-order chi connectivity index (χ0) is 9.00. The highest BCUT2D eigenvalue weighted by Gasteiger charge is 2.12. The molecule has 0 fully saturated rings. The van der Waals surface area contributed by atoms with Crippen LogP contribution in [0, 0.1) is 3.57 Å². The van der Waals surface area contributed by atoms with Gasteiger partial charge in [0.05, 0.1) is 9.77 Å². The summed E-state index contributed by atoms with van der Waals surface area (Å²) >= 11 is 2.21. The van der Waals surface area contributed by atoms with Crippen molar-refractivity contribution in [3.8, 4) is 5.88 Å². The molecule has 0 aliphatic heterocycles. The molecule has 3 heterocycles. The molecule has 0 radical (unpaired) electrons. The Labute approximate surface area is 86.7 Å². The second kappa shape index (κ2) is 2.22. The average molecular weight is 285 g/mol. The number of aromatic nitrogens is 3. The molecule has 0 amide bonds. The number of hydrogen-bond acceptors (Lipinski definition) is 3. The van der Waals surface area contributed by atoms with E-state index in [1.165, 1.54) is 0 Å². The number of pyridine rings is 1. The van der Waals surface area contributed by atoms with Gasteiger partial charge in [-0.3, -0.25) is 4.40 Å². The highest BCUT2D eigenvalue weighted by atomic mass is 127. The topological polar surface area (TPSA) is 50.4 Å². The Morgan fingerprint density at radius 2 is 2.23 bits per heavy atom. The summed E-state index contributed by atoms with van der Waals surface area (Å²) in [6, 6.07) is 3.80. The number of nitrogens with zero attached hydrogens (tertiary/aromatic N) is 3. The predicted molar refractivity (Wildman–Crippen MR) is 56.1 cm³/mol. The van der Waals surface area contributed by atoms with E-state index in [9.17, 15) is 5.11 Å². The molecule has 0 saturated heterocycles. The Balaban J connectivity index is 2.73. The summed E-state index contributed by atoms with van der Waals surface area (Å²) in [4.78, 5) is 8.18. The number of halogens is 1. The molecule has 0 saturated carbocycles. The minimum absolute atomic E-state index is 0.0458. The molecule has 3 aromatic heterocycles. The molecule has 0 spiro atoms. The van der Waals surface area contributed by atoms with E-state index in [1.54, 1.807) is 6.20 Å². The minimum Gasteiger partial charge on any atom is -0.492 e. The van der Waals surface area contributed by atoms with Gasteiger partial charge in [0.15, 0.2) is 5.65 Å². The smallest absolute Gasteiger partial charge is 0.239 e. The SMILES string of the molecule is Oc1nc2ccc(I)c3ncc1n23. The van der Waals surface area contributed by atoms with Gasteiger partial charge in [-0.2, -0.15) is 4.98 Å². The summed E-state index contributed by atoms with van der Waals surface area (Å²) in [6.07, 6.45) is 1.63. The molecule has 3 aromatic rings. The number of hydrogen-bond donors (Lipinski definition) is 1. The van der Waals surface area contributed by atoms with E-state index >= 15 is 0 Å². The van der Waals surface area contributed by atoms with Crippen molar-refractivity contribution in [1.29, 1.82) is 0 Å². The molecule has 3 rings (SSSR count). The van der Waals surface area contributed by atoms with Gasteiger partial charge in [-0.15, -0.1) is 0 Å². The van der Waals surface area contributed by atoms with Crippen LogP contribution in [0.3, 0.4) is 0 Å². The third-order valence-corrected chi connectivity index (χ3v) is 2.87. The van der Waals surface area contributed by atoms with E-state index < -0.39 is 0 Å². The molecule has 0 aromatic carbocycles. The van der Waals surface area contributed by atoms with Crippen LogP contribution >= 0.6 is 22.6 Å². The second-order valence-corrected chi connectivity index (χ2v) is 3.94. The molecule has 4 nitrogen and oxygen atoms in total. The first kappa shape index (κ1) is 7.31. The van der Waals surface area contributed by atoms with Crippen LogP contribution in [0.4, 0.5) is 0 Å². The number of imidazole rings is 2. The molecular weight excluding hydrogens is 281 g/mol. The van der Waals surface area contributed by atoms with Gasteiger partial charge < -0.3 is 5.11 Å². The first-order chi connectivity index (χ1) is 6.27. The first-order valence-electron chi connectivity index (χ1n) is 3.71. The van der Waals surface area contributed by atoms with Crippen molar-refractivity contribution >= 4 is 39.4 Å². The lowest BCUT2D eigenvalue weighted by Gasteiger charge is -1.94. The molecule has 64 valence electrons. The Kier molecular flexibility index (Phi) is 1.25. The minimum atomic E-state index is 0.0458. The highest BCUT2D eigenvalue weighted by Crippen LogP contribution is 2.25. The highest BCUT2D eigenvalue weighted by molar-refractivity contribution is 14.1. The van der Waals surface area contributed by atoms with Gasteiger partial charge in [-0.1, -0.05) is 0 Å². The normalized spacial score (nSPS) is 11.8. The van der Waals surface area contributed by atoms with Crippen molar-refractivity contribution in [3.05, 3.63) is 21.9 Å². The molecule has 1 N–H and O–H groups in total. The number of aromatic hydroxyl groups is 1. The van der Waals surface area contributed by atoms with Crippen molar-refractivity contribution in [2.24, 2.45) is 0 Å². The second-order valence-electron chi connectivity index (χ2n) is 2.78. The lowest BCUT2D eigenvalue weighted by atomic mass is 10.4. The van der Waals surface area contributed by atoms with Crippen molar-refractivity contribution in [3.63, 3.8) is 0 Å². The summed E-state index contributed by atoms with van der Waals surface area (Å²) in [7, 11) is 0. The van der Waals surface area contributed by atoms with Crippen LogP contribution in [0.5, 0.6) is 5.88 Å². The van der Waals surface area contributed by atoms with Gasteiger partial charge in [0, 0.05) is 0 Å². The van der Waals surface area contributed by atoms with Crippen molar-refractivity contribution in [2.45, 2.75) is 0 Å². The maximum atomic E-state index is 9.43. The van der Waals surface area contributed by atoms with Crippen LogP contribution in [0.1, 0.15) is 0 Å². The van der Waals surface area contributed by atoms with Crippen LogP contribution < -0.4 is 0 Å². The van der Waals surface area contributed by atoms with Crippen LogP contribution in [-0.4, -0.2) is 19.5 Å². The zero-order valence-electron chi connectivity index (χ0n) is 6.40. The zero-order valence-corrected chi connectivity index (χ0v) is 8.56. The van der Waals surface area contributed by atoms with Gasteiger partial charge in [-0.05, 0) is 34.7 Å². The van der Waals surface area contributed by atoms with Crippen LogP contribution in [0.15, 0.2) is 18.3 Å². The lowest BCUT2D eigenvalue weighted by molar-refractivity contribution is 0.463. The lowest BCUT2D eigenvalue weighted by Crippen LogP contribution is -1.86. The van der Waals surface area contributed by atoms with Gasteiger partial charge in [0.25, 0.3) is 0 Å². The van der Waals surface area contributed by atoms with Crippen LogP contribution in [0.25, 0.3) is 16.8 Å². The molecule has 0 aliphatic carbocycles. The largest absolute Gasteiger partial charge is 0.492 e. The van der Waals surface area contributed by atoms with E-state index in [2.05, 4.69) is 32.6 Å². The average Bonchev–Trinajstić information content (AvgIpc) is 2.64. The van der Waals surface area contributed by atoms with E-state index in [-0.39, 0.29) is 5.88 Å². The fraction of sp³-hybridized carbons (Fsp3) is 0.